The average molecular weight is 822 g/mol. The summed E-state index contributed by atoms with van der Waals surface area (Å²) in [7, 11) is -3.98. The number of carboxylic acids is 2. The van der Waals surface area contributed by atoms with Crippen molar-refractivity contribution in [3.8, 4) is 11.5 Å². The predicted molar refractivity (Wildman–Crippen MR) is 190 cm³/mol. The van der Waals surface area contributed by atoms with Gasteiger partial charge in [0.2, 0.25) is 5.91 Å². The second-order valence-electron chi connectivity index (χ2n) is 11.9. The van der Waals surface area contributed by atoms with Crippen LogP contribution in [0, 0.1) is 5.92 Å². The zero-order chi connectivity index (χ0) is 41.9. The summed E-state index contributed by atoms with van der Waals surface area (Å²) in [6.07, 6.45) is -6.27. The summed E-state index contributed by atoms with van der Waals surface area (Å²) in [5.74, 6) is -4.86. The van der Waals surface area contributed by atoms with E-state index in [2.05, 4.69) is 20.7 Å². The van der Waals surface area contributed by atoms with Gasteiger partial charge in [-0.3, -0.25) is 14.3 Å². The van der Waals surface area contributed by atoms with Crippen molar-refractivity contribution < 1.29 is 68.9 Å². The Bertz CT molecular complexity index is 1800. The molecule has 56 heavy (non-hydrogen) atoms. The van der Waals surface area contributed by atoms with E-state index in [0.29, 0.717) is 43.3 Å². The zero-order valence-electron chi connectivity index (χ0n) is 29.5. The molecule has 0 unspecified atom stereocenters. The molecule has 1 saturated heterocycles. The molecule has 308 valence electrons. The molecule has 1 heterocycles. The minimum atomic E-state index is -5.08. The van der Waals surface area contributed by atoms with Crippen molar-refractivity contribution in [3.05, 3.63) is 84.4 Å². The van der Waals surface area contributed by atoms with Crippen molar-refractivity contribution in [1.82, 2.24) is 16.0 Å². The van der Waals surface area contributed by atoms with Crippen molar-refractivity contribution in [2.45, 2.75) is 55.4 Å². The predicted octanol–water partition coefficient (Wildman–Crippen LogP) is 4.89. The minimum absolute atomic E-state index is 0.0206. The fraction of sp³-hybridized carbons (Fsp3) is 0.371. The first-order chi connectivity index (χ1) is 26.2. The summed E-state index contributed by atoms with van der Waals surface area (Å²) >= 11 is 0. The molecule has 0 aromatic heterocycles. The van der Waals surface area contributed by atoms with Crippen LogP contribution in [0.4, 0.5) is 32.0 Å². The van der Waals surface area contributed by atoms with Crippen molar-refractivity contribution in [2.75, 3.05) is 30.9 Å². The molecule has 0 spiro atoms. The smallest absolute Gasteiger partial charge is 0.475 e. The van der Waals surface area contributed by atoms with E-state index < -0.39 is 46.3 Å². The number of carbonyl (C=O) groups excluding carboxylic acids is 2. The minimum Gasteiger partial charge on any atom is -0.475 e. The number of alkyl halides is 6. The highest BCUT2D eigenvalue weighted by Crippen LogP contribution is 2.31. The molecule has 1 atom stereocenters. The fourth-order valence-corrected chi connectivity index (χ4v) is 5.77. The molecule has 8 N–H and O–H groups in total. The van der Waals surface area contributed by atoms with Gasteiger partial charge in [0.15, 0.2) is 5.75 Å². The largest absolute Gasteiger partial charge is 0.490 e. The van der Waals surface area contributed by atoms with Crippen molar-refractivity contribution in [2.24, 2.45) is 11.7 Å². The number of hydrogen-bond acceptors (Lipinski definition) is 9. The Balaban J connectivity index is 0.000000657. The summed E-state index contributed by atoms with van der Waals surface area (Å²) in [6.45, 7) is 2.95. The maximum absolute atomic E-state index is 13.2. The monoisotopic (exact) mass is 821 g/mol. The van der Waals surface area contributed by atoms with Crippen LogP contribution in [0.2, 0.25) is 0 Å². The first kappa shape index (κ1) is 46.7. The molecule has 0 bridgehead atoms. The summed E-state index contributed by atoms with van der Waals surface area (Å²) < 4.78 is 98.2. The second kappa shape index (κ2) is 22.2. The van der Waals surface area contributed by atoms with Crippen molar-refractivity contribution in [3.63, 3.8) is 0 Å². The van der Waals surface area contributed by atoms with Gasteiger partial charge in [-0.1, -0.05) is 30.3 Å². The van der Waals surface area contributed by atoms with Gasteiger partial charge in [0, 0.05) is 12.1 Å². The second-order valence-corrected chi connectivity index (χ2v) is 13.6. The van der Waals surface area contributed by atoms with Gasteiger partial charge < -0.3 is 36.6 Å². The molecular weight excluding hydrogens is 780 g/mol. The first-order valence-corrected chi connectivity index (χ1v) is 18.3. The Morgan fingerprint density at radius 2 is 1.36 bits per heavy atom. The normalized spacial score (nSPS) is 13.7. The van der Waals surface area contributed by atoms with Gasteiger partial charge >= 0.3 is 24.3 Å². The Labute approximate surface area is 317 Å². The van der Waals surface area contributed by atoms with Crippen LogP contribution >= 0.6 is 0 Å². The molecule has 1 aliphatic rings. The van der Waals surface area contributed by atoms with Crippen LogP contribution in [-0.4, -0.2) is 87.0 Å². The van der Waals surface area contributed by atoms with Gasteiger partial charge in [-0.25, -0.2) is 18.0 Å². The van der Waals surface area contributed by atoms with E-state index in [4.69, 9.17) is 30.3 Å². The van der Waals surface area contributed by atoms with Crippen LogP contribution in [0.15, 0.2) is 83.8 Å². The van der Waals surface area contributed by atoms with Crippen LogP contribution in [-0.2, 0) is 24.4 Å². The number of para-hydroxylation sites is 3. The van der Waals surface area contributed by atoms with Gasteiger partial charge in [0.05, 0.1) is 10.6 Å². The molecule has 4 rings (SSSR count). The number of piperidine rings is 1. The molecular formula is C35H41F6N5O9S. The standard InChI is InChI=1S/C31H39N5O5S.2C2HF3O2/c32-19-7-6-11-28(31(38)34-22-23-17-20-33-21-18-23)35-30(37)24-13-15-26(16-14-24)42(39,40)36-27-10-4-5-12-29(27)41-25-8-2-1-3-9-25;2*3-2(4,5)1(6)7/h1-5,8-10,12-16,23,28,33,36H,6-7,11,17-22,32H2,(H,34,38)(H,35,37);2*(H,6,7)/t28-;;/m0../s1. The molecule has 1 fully saturated rings. The van der Waals surface area contributed by atoms with Crippen LogP contribution in [0.3, 0.4) is 0 Å². The summed E-state index contributed by atoms with van der Waals surface area (Å²) in [5, 5.41) is 23.4. The molecule has 14 nitrogen and oxygen atoms in total. The van der Waals surface area contributed by atoms with E-state index in [0.717, 1.165) is 32.4 Å². The average Bonchev–Trinajstić information content (AvgIpc) is 3.15. The number of amides is 2. The number of ether oxygens (including phenoxy) is 1. The van der Waals surface area contributed by atoms with Crippen molar-refractivity contribution in [1.29, 1.82) is 0 Å². The number of benzene rings is 3. The molecule has 2 amide bonds. The van der Waals surface area contributed by atoms with E-state index in [1.165, 1.54) is 24.3 Å². The van der Waals surface area contributed by atoms with E-state index in [1.807, 2.05) is 18.2 Å². The first-order valence-electron chi connectivity index (χ1n) is 16.8. The van der Waals surface area contributed by atoms with Gasteiger partial charge in [-0.2, -0.15) is 26.3 Å². The molecule has 3 aromatic rings. The SMILES string of the molecule is NCCCC[C@H](NC(=O)c1ccc(S(=O)(=O)Nc2ccccc2Oc2ccccc2)cc1)C(=O)NCC1CCNCC1.O=C(O)C(F)(F)F.O=C(O)C(F)(F)F. The number of carboxylic acid groups (broad SMARTS) is 2. The number of sulfonamides is 1. The summed E-state index contributed by atoms with van der Waals surface area (Å²) in [4.78, 5) is 43.8. The van der Waals surface area contributed by atoms with Gasteiger partial charge in [-0.15, -0.1) is 0 Å². The number of nitrogens with two attached hydrogens (primary N) is 1. The van der Waals surface area contributed by atoms with E-state index in [-0.39, 0.29) is 22.1 Å². The highest BCUT2D eigenvalue weighted by molar-refractivity contribution is 7.92. The van der Waals surface area contributed by atoms with E-state index in [1.54, 1.807) is 36.4 Å². The summed E-state index contributed by atoms with van der Waals surface area (Å²) in [5.41, 5.74) is 6.15. The lowest BCUT2D eigenvalue weighted by atomic mass is 9.98. The number of hydrogen-bond donors (Lipinski definition) is 7. The Kier molecular flexibility index (Phi) is 18.5. The van der Waals surface area contributed by atoms with Crippen LogP contribution in [0.1, 0.15) is 42.5 Å². The number of halogens is 6. The van der Waals surface area contributed by atoms with Gasteiger partial charge in [0.1, 0.15) is 11.8 Å². The molecule has 0 radical (unpaired) electrons. The third-order valence-electron chi connectivity index (χ3n) is 7.61. The third-order valence-corrected chi connectivity index (χ3v) is 8.99. The third kappa shape index (κ3) is 16.9. The number of nitrogens with one attached hydrogen (secondary N) is 4. The maximum Gasteiger partial charge on any atom is 0.490 e. The van der Waals surface area contributed by atoms with Crippen LogP contribution in [0.5, 0.6) is 11.5 Å². The quantitative estimate of drug-likeness (QED) is 0.0856. The van der Waals surface area contributed by atoms with Gasteiger partial charge in [-0.05, 0) is 106 Å². The number of aliphatic carboxylic acids is 2. The van der Waals surface area contributed by atoms with E-state index >= 15 is 0 Å². The Morgan fingerprint density at radius 3 is 1.89 bits per heavy atom. The van der Waals surface area contributed by atoms with Crippen molar-refractivity contribution >= 4 is 39.5 Å². The maximum atomic E-state index is 13.2. The number of carbonyl (C=O) groups is 4. The molecule has 0 saturated carbocycles. The molecule has 21 heteroatoms. The number of rotatable bonds is 14. The lowest BCUT2D eigenvalue weighted by Gasteiger charge is -2.24. The Hall–Kier alpha value is -5.41. The van der Waals surface area contributed by atoms with Crippen LogP contribution < -0.4 is 31.1 Å². The highest BCUT2D eigenvalue weighted by atomic mass is 32.2. The lowest BCUT2D eigenvalue weighted by molar-refractivity contribution is -0.193. The number of unbranched alkanes of at least 4 members (excludes halogenated alkanes) is 1. The van der Waals surface area contributed by atoms with Crippen LogP contribution in [0.25, 0.3) is 0 Å². The number of anilines is 1. The lowest BCUT2D eigenvalue weighted by Crippen LogP contribution is -2.48. The van der Waals surface area contributed by atoms with Gasteiger partial charge in [0.25, 0.3) is 15.9 Å². The Morgan fingerprint density at radius 1 is 0.821 bits per heavy atom. The topological polar surface area (TPSA) is 226 Å². The molecule has 3 aromatic carbocycles. The molecule has 0 aliphatic carbocycles. The fourth-order valence-electron chi connectivity index (χ4n) is 4.70. The molecule has 1 aliphatic heterocycles. The zero-order valence-corrected chi connectivity index (χ0v) is 30.3. The van der Waals surface area contributed by atoms with E-state index in [9.17, 15) is 44.3 Å². The summed E-state index contributed by atoms with van der Waals surface area (Å²) in [6, 6.07) is 20.7. The highest BCUT2D eigenvalue weighted by Gasteiger charge is 2.39.